The lowest BCUT2D eigenvalue weighted by atomic mass is 9.89. The summed E-state index contributed by atoms with van der Waals surface area (Å²) in [7, 11) is 2.57. The minimum Gasteiger partial charge on any atom is -0.472 e. The molecule has 0 saturated heterocycles. The molecule has 0 fully saturated rings. The predicted molar refractivity (Wildman–Crippen MR) is 106 cm³/mol. The molecule has 0 N–H and O–H groups in total. The lowest BCUT2D eigenvalue weighted by Crippen LogP contribution is -2.17. The molecule has 28 heavy (non-hydrogen) atoms. The lowest BCUT2D eigenvalue weighted by Gasteiger charge is -2.19. The molecule has 1 aliphatic heterocycles. The van der Waals surface area contributed by atoms with Crippen molar-refractivity contribution in [2.45, 2.75) is 6.42 Å². The Kier molecular flexibility index (Phi) is 6.07. The molecule has 0 saturated carbocycles. The van der Waals surface area contributed by atoms with Gasteiger partial charge in [0.2, 0.25) is 0 Å². The normalized spacial score (nSPS) is 14.1. The van der Waals surface area contributed by atoms with Crippen molar-refractivity contribution in [3.05, 3.63) is 95.5 Å². The first-order valence-electron chi connectivity index (χ1n) is 8.71. The second kappa shape index (κ2) is 8.86. The highest BCUT2D eigenvalue weighted by Gasteiger charge is 2.29. The van der Waals surface area contributed by atoms with Crippen molar-refractivity contribution in [1.29, 1.82) is 0 Å². The fraction of sp³-hybridized carbons (Fsp3) is 0.130. The molecule has 0 amide bonds. The Labute approximate surface area is 163 Å². The van der Waals surface area contributed by atoms with Crippen LogP contribution in [0.4, 0.5) is 0 Å². The highest BCUT2D eigenvalue weighted by atomic mass is 16.5. The molecule has 0 atom stereocenters. The molecular formula is C23H20O5. The highest BCUT2D eigenvalue weighted by molar-refractivity contribution is 6.13. The van der Waals surface area contributed by atoms with Crippen molar-refractivity contribution in [3.63, 3.8) is 0 Å². The third kappa shape index (κ3) is 4.04. The molecule has 0 spiro atoms. The van der Waals surface area contributed by atoms with E-state index in [1.54, 1.807) is 6.26 Å². The van der Waals surface area contributed by atoms with Gasteiger partial charge in [-0.2, -0.15) is 0 Å². The summed E-state index contributed by atoms with van der Waals surface area (Å²) in [5, 5.41) is 0. The third-order valence-electron chi connectivity index (χ3n) is 4.39. The molecular weight excluding hydrogens is 356 g/mol. The van der Waals surface area contributed by atoms with Gasteiger partial charge in [0.05, 0.1) is 37.9 Å². The minimum absolute atomic E-state index is 0.127. The van der Waals surface area contributed by atoms with E-state index in [4.69, 9.17) is 14.2 Å². The molecule has 3 rings (SSSR count). The summed E-state index contributed by atoms with van der Waals surface area (Å²) in [4.78, 5) is 25.3. The third-order valence-corrected chi connectivity index (χ3v) is 4.39. The van der Waals surface area contributed by atoms with Crippen molar-refractivity contribution in [2.24, 2.45) is 0 Å². The summed E-state index contributed by atoms with van der Waals surface area (Å²) in [5.74, 6) is -1.22. The summed E-state index contributed by atoms with van der Waals surface area (Å²) in [5.41, 5.74) is 3.14. The number of esters is 2. The largest absolute Gasteiger partial charge is 0.472 e. The van der Waals surface area contributed by atoms with E-state index in [2.05, 4.69) is 0 Å². The second-order valence-corrected chi connectivity index (χ2v) is 6.06. The minimum atomic E-state index is -0.631. The molecule has 1 heterocycles. The van der Waals surface area contributed by atoms with Crippen LogP contribution in [0.25, 0.3) is 11.1 Å². The second-order valence-electron chi connectivity index (χ2n) is 6.06. The van der Waals surface area contributed by atoms with Crippen LogP contribution in [-0.2, 0) is 23.8 Å². The number of methoxy groups -OCH3 is 2. The van der Waals surface area contributed by atoms with Gasteiger partial charge in [-0.3, -0.25) is 0 Å². The van der Waals surface area contributed by atoms with Crippen LogP contribution in [-0.4, -0.2) is 26.2 Å². The molecule has 5 nitrogen and oxygen atoms in total. The SMILES string of the molecule is COC(=O)C1=C(C(=O)OC)C(c2ccccc2)=COC=C(c2ccccc2)C1. The van der Waals surface area contributed by atoms with Crippen LogP contribution in [0.5, 0.6) is 0 Å². The standard InChI is InChI=1S/C23H20O5/c1-26-22(24)19-13-18(16-9-5-3-6-10-16)14-28-15-20(21(19)23(25)27-2)17-11-7-4-8-12-17/h3-12,14-15H,13H2,1-2H3. The number of carbonyl (C=O) groups excluding carboxylic acids is 2. The van der Waals surface area contributed by atoms with Gasteiger partial charge < -0.3 is 14.2 Å². The molecule has 0 radical (unpaired) electrons. The molecule has 2 aromatic rings. The van der Waals surface area contributed by atoms with Crippen molar-refractivity contribution >= 4 is 23.1 Å². The van der Waals surface area contributed by atoms with Crippen LogP contribution in [0.1, 0.15) is 17.5 Å². The zero-order valence-electron chi connectivity index (χ0n) is 15.7. The van der Waals surface area contributed by atoms with Crippen LogP contribution in [0, 0.1) is 0 Å². The van der Waals surface area contributed by atoms with E-state index in [1.807, 2.05) is 60.7 Å². The molecule has 0 bridgehead atoms. The molecule has 142 valence electrons. The predicted octanol–water partition coefficient (Wildman–Crippen LogP) is 4.13. The van der Waals surface area contributed by atoms with Crippen molar-refractivity contribution in [2.75, 3.05) is 14.2 Å². The Morgan fingerprint density at radius 3 is 1.93 bits per heavy atom. The maximum atomic E-state index is 12.7. The van der Waals surface area contributed by atoms with Gasteiger partial charge in [-0.05, 0) is 16.7 Å². The zero-order valence-corrected chi connectivity index (χ0v) is 15.7. The van der Waals surface area contributed by atoms with Crippen LogP contribution in [0.2, 0.25) is 0 Å². The fourth-order valence-corrected chi connectivity index (χ4v) is 3.01. The van der Waals surface area contributed by atoms with Crippen LogP contribution < -0.4 is 0 Å². The summed E-state index contributed by atoms with van der Waals surface area (Å²) in [6.45, 7) is 0. The Hall–Kier alpha value is -3.60. The molecule has 1 aliphatic rings. The Morgan fingerprint density at radius 1 is 0.786 bits per heavy atom. The number of rotatable bonds is 4. The number of hydrogen-bond donors (Lipinski definition) is 0. The van der Waals surface area contributed by atoms with Crippen LogP contribution >= 0.6 is 0 Å². The Bertz CT molecular complexity index is 953. The van der Waals surface area contributed by atoms with E-state index in [0.717, 1.165) is 16.7 Å². The first kappa shape index (κ1) is 19.2. The fourth-order valence-electron chi connectivity index (χ4n) is 3.01. The first-order chi connectivity index (χ1) is 13.7. The van der Waals surface area contributed by atoms with Gasteiger partial charge in [0.25, 0.3) is 0 Å². The van der Waals surface area contributed by atoms with E-state index >= 15 is 0 Å². The average Bonchev–Trinajstić information content (AvgIpc) is 2.74. The number of ether oxygens (including phenoxy) is 3. The van der Waals surface area contributed by atoms with E-state index in [-0.39, 0.29) is 17.6 Å². The van der Waals surface area contributed by atoms with Gasteiger partial charge >= 0.3 is 11.9 Å². The van der Waals surface area contributed by atoms with Gasteiger partial charge in [0.15, 0.2) is 0 Å². The van der Waals surface area contributed by atoms with Gasteiger partial charge in [0.1, 0.15) is 0 Å². The maximum Gasteiger partial charge on any atom is 0.339 e. The van der Waals surface area contributed by atoms with Crippen LogP contribution in [0.15, 0.2) is 84.3 Å². The van der Waals surface area contributed by atoms with Gasteiger partial charge in [-0.25, -0.2) is 9.59 Å². The van der Waals surface area contributed by atoms with Crippen molar-refractivity contribution in [1.82, 2.24) is 0 Å². The van der Waals surface area contributed by atoms with Crippen molar-refractivity contribution < 1.29 is 23.8 Å². The van der Waals surface area contributed by atoms with E-state index < -0.39 is 11.9 Å². The van der Waals surface area contributed by atoms with Crippen LogP contribution in [0.3, 0.4) is 0 Å². The average molecular weight is 376 g/mol. The number of allylic oxidation sites excluding steroid dienone is 1. The number of hydrogen-bond acceptors (Lipinski definition) is 5. The maximum absolute atomic E-state index is 12.7. The van der Waals surface area contributed by atoms with Gasteiger partial charge in [0, 0.05) is 12.0 Å². The van der Waals surface area contributed by atoms with Crippen molar-refractivity contribution in [3.8, 4) is 0 Å². The summed E-state index contributed by atoms with van der Waals surface area (Å²) < 4.78 is 15.6. The summed E-state index contributed by atoms with van der Waals surface area (Å²) >= 11 is 0. The topological polar surface area (TPSA) is 61.8 Å². The Balaban J connectivity index is 2.22. The number of carbonyl (C=O) groups is 2. The zero-order chi connectivity index (χ0) is 19.9. The quantitative estimate of drug-likeness (QED) is 0.751. The molecule has 0 aliphatic carbocycles. The van der Waals surface area contributed by atoms with Gasteiger partial charge in [-0.1, -0.05) is 60.7 Å². The van der Waals surface area contributed by atoms with E-state index in [0.29, 0.717) is 5.57 Å². The van der Waals surface area contributed by atoms with E-state index in [9.17, 15) is 9.59 Å². The molecule has 0 unspecified atom stereocenters. The smallest absolute Gasteiger partial charge is 0.339 e. The molecule has 2 aromatic carbocycles. The summed E-state index contributed by atoms with van der Waals surface area (Å²) in [6, 6.07) is 18.7. The molecule has 0 aromatic heterocycles. The Morgan fingerprint density at radius 2 is 1.36 bits per heavy atom. The first-order valence-corrected chi connectivity index (χ1v) is 8.71. The summed E-state index contributed by atoms with van der Waals surface area (Å²) in [6.07, 6.45) is 3.19. The monoisotopic (exact) mass is 376 g/mol. The lowest BCUT2D eigenvalue weighted by molar-refractivity contribution is -0.139. The highest BCUT2D eigenvalue weighted by Crippen LogP contribution is 2.34. The van der Waals surface area contributed by atoms with E-state index in [1.165, 1.54) is 20.5 Å². The van der Waals surface area contributed by atoms with Gasteiger partial charge in [-0.15, -0.1) is 0 Å². The molecule has 5 heteroatoms. The number of benzene rings is 2.